The zero-order valence-electron chi connectivity index (χ0n) is 12.1. The Labute approximate surface area is 129 Å². The molecule has 1 aromatic carbocycles. The zero-order chi connectivity index (χ0) is 15.4. The Hall–Kier alpha value is -1.77. The molecule has 0 spiro atoms. The summed E-state index contributed by atoms with van der Waals surface area (Å²) in [6, 6.07) is 6.82. The first-order chi connectivity index (χ1) is 10.0. The van der Waals surface area contributed by atoms with Crippen molar-refractivity contribution in [1.29, 1.82) is 5.26 Å². The molecule has 0 saturated carbocycles. The second-order valence-electron chi connectivity index (χ2n) is 5.22. The van der Waals surface area contributed by atoms with Gasteiger partial charge in [-0.3, -0.25) is 4.79 Å². The highest BCUT2D eigenvalue weighted by molar-refractivity contribution is 6.30. The van der Waals surface area contributed by atoms with E-state index in [4.69, 9.17) is 16.3 Å². The minimum Gasteiger partial charge on any atom is -0.377 e. The lowest BCUT2D eigenvalue weighted by molar-refractivity contribution is -0.125. The fourth-order valence-corrected chi connectivity index (χ4v) is 2.49. The highest BCUT2D eigenvalue weighted by Gasteiger charge is 2.31. The molecule has 1 saturated heterocycles. The van der Waals surface area contributed by atoms with E-state index in [1.165, 1.54) is 0 Å². The number of amides is 1. The largest absolute Gasteiger partial charge is 0.377 e. The summed E-state index contributed by atoms with van der Waals surface area (Å²) in [4.78, 5) is 14.2. The predicted molar refractivity (Wildman–Crippen MR) is 81.4 cm³/mol. The molecule has 1 atom stereocenters. The van der Waals surface area contributed by atoms with Crippen molar-refractivity contribution in [2.45, 2.75) is 25.9 Å². The number of ether oxygens (including phenoxy) is 1. The molecule has 0 aromatic heterocycles. The van der Waals surface area contributed by atoms with E-state index in [1.807, 2.05) is 18.7 Å². The minimum atomic E-state index is -0.452. The second-order valence-corrected chi connectivity index (χ2v) is 5.66. The summed E-state index contributed by atoms with van der Waals surface area (Å²) < 4.78 is 5.42. The molecule has 0 aliphatic carbocycles. The maximum Gasteiger partial charge on any atom is 0.245 e. The number of morpholine rings is 1. The topological polar surface area (TPSA) is 65.4 Å². The second kappa shape index (κ2) is 6.79. The number of benzene rings is 1. The number of nitrogens with zero attached hydrogens (tertiary/aromatic N) is 2. The van der Waals surface area contributed by atoms with E-state index in [2.05, 4.69) is 11.4 Å². The summed E-state index contributed by atoms with van der Waals surface area (Å²) >= 11 is 6.04. The number of nitrogens with one attached hydrogen (secondary N) is 1. The van der Waals surface area contributed by atoms with Gasteiger partial charge in [-0.2, -0.15) is 5.26 Å². The normalized spacial score (nSPS) is 18.4. The number of carbonyl (C=O) groups excluding carboxylic acids is 1. The van der Waals surface area contributed by atoms with Gasteiger partial charge in [-0.1, -0.05) is 11.6 Å². The average Bonchev–Trinajstić information content (AvgIpc) is 2.46. The minimum absolute atomic E-state index is 0.0519. The molecular formula is C15H18ClN3O2. The van der Waals surface area contributed by atoms with Gasteiger partial charge in [-0.25, -0.2) is 0 Å². The van der Waals surface area contributed by atoms with Crippen molar-refractivity contribution in [1.82, 2.24) is 5.32 Å². The third-order valence-corrected chi connectivity index (χ3v) is 3.49. The van der Waals surface area contributed by atoms with Gasteiger partial charge in [0.15, 0.2) is 0 Å². The lowest BCUT2D eigenvalue weighted by Gasteiger charge is -2.37. The van der Waals surface area contributed by atoms with Gasteiger partial charge in [0, 0.05) is 17.6 Å². The number of hydrogen-bond acceptors (Lipinski definition) is 4. The summed E-state index contributed by atoms with van der Waals surface area (Å²) in [5.74, 6) is -0.103. The van der Waals surface area contributed by atoms with Gasteiger partial charge in [-0.15, -0.1) is 0 Å². The molecule has 112 valence electrons. The van der Waals surface area contributed by atoms with E-state index in [0.717, 1.165) is 0 Å². The van der Waals surface area contributed by atoms with Crippen molar-refractivity contribution in [3.05, 3.63) is 28.8 Å². The molecular weight excluding hydrogens is 290 g/mol. The van der Waals surface area contributed by atoms with E-state index < -0.39 is 6.04 Å². The van der Waals surface area contributed by atoms with Gasteiger partial charge in [0.25, 0.3) is 0 Å². The van der Waals surface area contributed by atoms with Crippen molar-refractivity contribution in [2.24, 2.45) is 0 Å². The zero-order valence-corrected chi connectivity index (χ0v) is 12.9. The van der Waals surface area contributed by atoms with E-state index in [0.29, 0.717) is 36.0 Å². The van der Waals surface area contributed by atoms with E-state index >= 15 is 0 Å². The van der Waals surface area contributed by atoms with Crippen LogP contribution in [-0.2, 0) is 9.53 Å². The summed E-state index contributed by atoms with van der Waals surface area (Å²) in [5, 5.41) is 12.7. The molecule has 6 heteroatoms. The van der Waals surface area contributed by atoms with Gasteiger partial charge in [0.1, 0.15) is 12.1 Å². The number of halogens is 1. The molecule has 1 aliphatic rings. The Morgan fingerprint density at radius 1 is 1.57 bits per heavy atom. The molecule has 1 N–H and O–H groups in total. The first kappa shape index (κ1) is 15.6. The fraction of sp³-hybridized carbons (Fsp3) is 0.467. The third-order valence-electron chi connectivity index (χ3n) is 3.25. The molecule has 1 amide bonds. The quantitative estimate of drug-likeness (QED) is 0.927. The molecule has 1 unspecified atom stereocenters. The molecule has 2 rings (SSSR count). The Kier molecular flexibility index (Phi) is 5.05. The molecule has 1 heterocycles. The lowest BCUT2D eigenvalue weighted by atomic mass is 10.1. The fourth-order valence-electron chi connectivity index (χ4n) is 2.33. The Morgan fingerprint density at radius 2 is 2.33 bits per heavy atom. The highest BCUT2D eigenvalue weighted by atomic mass is 35.5. The van der Waals surface area contributed by atoms with Crippen LogP contribution in [0.1, 0.15) is 19.4 Å². The summed E-state index contributed by atoms with van der Waals surface area (Å²) in [6.45, 7) is 5.18. The number of anilines is 1. The molecule has 21 heavy (non-hydrogen) atoms. The molecule has 0 radical (unpaired) electrons. The van der Waals surface area contributed by atoms with E-state index in [-0.39, 0.29) is 11.9 Å². The number of carbonyl (C=O) groups is 1. The van der Waals surface area contributed by atoms with Gasteiger partial charge >= 0.3 is 0 Å². The van der Waals surface area contributed by atoms with Crippen LogP contribution in [0.25, 0.3) is 0 Å². The van der Waals surface area contributed by atoms with Crippen molar-refractivity contribution >= 4 is 23.2 Å². The van der Waals surface area contributed by atoms with Crippen LogP contribution in [-0.4, -0.2) is 37.7 Å². The van der Waals surface area contributed by atoms with Crippen LogP contribution < -0.4 is 10.2 Å². The van der Waals surface area contributed by atoms with Crippen LogP contribution in [0.5, 0.6) is 0 Å². The maximum absolute atomic E-state index is 12.3. The van der Waals surface area contributed by atoms with Crippen LogP contribution >= 0.6 is 11.6 Å². The summed E-state index contributed by atoms with van der Waals surface area (Å²) in [7, 11) is 0. The number of hydrogen-bond donors (Lipinski definition) is 1. The summed E-state index contributed by atoms with van der Waals surface area (Å²) in [5.41, 5.74) is 1.18. The predicted octanol–water partition coefficient (Wildman–Crippen LogP) is 1.94. The molecule has 1 aromatic rings. The molecule has 5 nitrogen and oxygen atoms in total. The standard InChI is InChI=1S/C15H18ClN3O2/c1-10(2)18-15(20)14-9-21-6-5-19(14)13-7-12(16)4-3-11(13)8-17/h3-4,7,10,14H,5-6,9H2,1-2H3,(H,18,20). The Bertz CT molecular complexity index is 569. The van der Waals surface area contributed by atoms with Crippen LogP contribution in [0.3, 0.4) is 0 Å². The van der Waals surface area contributed by atoms with Crippen LogP contribution in [0, 0.1) is 11.3 Å². The lowest BCUT2D eigenvalue weighted by Crippen LogP contribution is -2.55. The Balaban J connectivity index is 2.33. The third kappa shape index (κ3) is 3.66. The molecule has 1 fully saturated rings. The van der Waals surface area contributed by atoms with Gasteiger partial charge in [0.2, 0.25) is 5.91 Å². The molecule has 1 aliphatic heterocycles. The highest BCUT2D eigenvalue weighted by Crippen LogP contribution is 2.27. The average molecular weight is 308 g/mol. The van der Waals surface area contributed by atoms with E-state index in [1.54, 1.807) is 18.2 Å². The van der Waals surface area contributed by atoms with Crippen LogP contribution in [0.4, 0.5) is 5.69 Å². The SMILES string of the molecule is CC(C)NC(=O)C1COCCN1c1cc(Cl)ccc1C#N. The first-order valence-electron chi connectivity index (χ1n) is 6.87. The van der Waals surface area contributed by atoms with E-state index in [9.17, 15) is 10.1 Å². The monoisotopic (exact) mass is 307 g/mol. The summed E-state index contributed by atoms with van der Waals surface area (Å²) in [6.07, 6.45) is 0. The number of nitriles is 1. The maximum atomic E-state index is 12.3. The Morgan fingerprint density at radius 3 is 3.00 bits per heavy atom. The van der Waals surface area contributed by atoms with Gasteiger partial charge < -0.3 is 15.0 Å². The number of rotatable bonds is 3. The van der Waals surface area contributed by atoms with Crippen LogP contribution in [0.15, 0.2) is 18.2 Å². The van der Waals surface area contributed by atoms with Crippen molar-refractivity contribution in [2.75, 3.05) is 24.7 Å². The van der Waals surface area contributed by atoms with Crippen molar-refractivity contribution in [3.63, 3.8) is 0 Å². The van der Waals surface area contributed by atoms with Crippen molar-refractivity contribution in [3.8, 4) is 6.07 Å². The van der Waals surface area contributed by atoms with Crippen molar-refractivity contribution < 1.29 is 9.53 Å². The molecule has 0 bridgehead atoms. The first-order valence-corrected chi connectivity index (χ1v) is 7.25. The van der Waals surface area contributed by atoms with Gasteiger partial charge in [-0.05, 0) is 32.0 Å². The smallest absolute Gasteiger partial charge is 0.245 e. The van der Waals surface area contributed by atoms with Gasteiger partial charge in [0.05, 0.1) is 24.5 Å². The van der Waals surface area contributed by atoms with Crippen LogP contribution in [0.2, 0.25) is 5.02 Å².